The first-order valence-electron chi connectivity index (χ1n) is 10.5. The third-order valence-electron chi connectivity index (χ3n) is 5.95. The summed E-state index contributed by atoms with van der Waals surface area (Å²) in [4.78, 5) is 25.6. The van der Waals surface area contributed by atoms with Crippen molar-refractivity contribution in [2.75, 3.05) is 5.73 Å². The van der Waals surface area contributed by atoms with Crippen molar-refractivity contribution < 1.29 is 0 Å². The highest BCUT2D eigenvalue weighted by Gasteiger charge is 2.25. The summed E-state index contributed by atoms with van der Waals surface area (Å²) >= 11 is 0. The maximum Gasteiger partial charge on any atom is 0.255 e. The first-order chi connectivity index (χ1) is 15.9. The second-order valence-corrected chi connectivity index (χ2v) is 8.49. The van der Waals surface area contributed by atoms with Crippen LogP contribution in [0.15, 0.2) is 83.9 Å². The molecule has 5 rings (SSSR count). The van der Waals surface area contributed by atoms with E-state index in [0.717, 1.165) is 44.2 Å². The average Bonchev–Trinajstić information content (AvgIpc) is 2.84. The van der Waals surface area contributed by atoms with Crippen LogP contribution in [0.25, 0.3) is 43.5 Å². The quantitative estimate of drug-likeness (QED) is 0.309. The van der Waals surface area contributed by atoms with Crippen LogP contribution in [0.5, 0.6) is 0 Å². The highest BCUT2D eigenvalue weighted by molar-refractivity contribution is 6.05. The van der Waals surface area contributed by atoms with Crippen molar-refractivity contribution in [2.24, 2.45) is 0 Å². The van der Waals surface area contributed by atoms with Crippen LogP contribution in [0.4, 0.5) is 5.82 Å². The monoisotopic (exact) mass is 431 g/mol. The number of fused-ring (bicyclic) bond motifs is 3. The van der Waals surface area contributed by atoms with Gasteiger partial charge in [-0.2, -0.15) is 0 Å². The second-order valence-electron chi connectivity index (χ2n) is 8.49. The summed E-state index contributed by atoms with van der Waals surface area (Å²) in [6.45, 7) is 11.2. The molecule has 0 saturated carbocycles. The molecule has 0 spiro atoms. The molecule has 0 saturated heterocycles. The Morgan fingerprint density at radius 3 is 2.36 bits per heavy atom. The lowest BCUT2D eigenvalue weighted by molar-refractivity contribution is 0.664. The maximum absolute atomic E-state index is 13.1. The predicted octanol–water partition coefficient (Wildman–Crippen LogP) is 5.34. The molecule has 3 aromatic heterocycles. The summed E-state index contributed by atoms with van der Waals surface area (Å²) in [7, 11) is 0. The van der Waals surface area contributed by atoms with Gasteiger partial charge in [-0.15, -0.1) is 0 Å². The molecule has 2 aromatic carbocycles. The zero-order valence-corrected chi connectivity index (χ0v) is 18.3. The van der Waals surface area contributed by atoms with Crippen molar-refractivity contribution in [2.45, 2.75) is 19.4 Å². The number of aromatic nitrogens is 3. The van der Waals surface area contributed by atoms with E-state index in [9.17, 15) is 4.79 Å². The van der Waals surface area contributed by atoms with Gasteiger partial charge in [-0.25, -0.2) is 11.6 Å². The number of nitrogens with zero attached hydrogens (tertiary/aromatic N) is 4. The van der Waals surface area contributed by atoms with Gasteiger partial charge >= 0.3 is 0 Å². The number of hydrogen-bond acceptors (Lipinski definition) is 4. The summed E-state index contributed by atoms with van der Waals surface area (Å²) in [5, 5.41) is 1.73. The molecule has 3 heterocycles. The molecule has 0 aliphatic heterocycles. The predicted molar refractivity (Wildman–Crippen MR) is 132 cm³/mol. The summed E-state index contributed by atoms with van der Waals surface area (Å²) in [5.74, 6) is 0.463. The molecule has 160 valence electrons. The Balaban J connectivity index is 1.77. The largest absolute Gasteiger partial charge is 0.384 e. The molecule has 0 amide bonds. The standard InChI is InChI=1S/C27H21N5O/c1-27(2,29-3)20-7-9-21(10-8-20)32-25(33)13-6-19-16-30-23-11-4-17(14-22(23)26(19)32)18-5-12-24(28)31-15-18/h4-16H,1-2H3,(H2,28,31). The molecule has 0 aliphatic rings. The average molecular weight is 431 g/mol. The lowest BCUT2D eigenvalue weighted by Crippen LogP contribution is -2.18. The molecule has 0 unspecified atom stereocenters. The van der Waals surface area contributed by atoms with E-state index in [1.165, 1.54) is 0 Å². The normalized spacial score (nSPS) is 11.5. The molecule has 0 atom stereocenters. The molecule has 0 fully saturated rings. The van der Waals surface area contributed by atoms with Gasteiger partial charge in [-0.1, -0.05) is 6.07 Å². The van der Waals surface area contributed by atoms with Crippen LogP contribution in [0.2, 0.25) is 0 Å². The lowest BCUT2D eigenvalue weighted by Gasteiger charge is -2.15. The molecule has 33 heavy (non-hydrogen) atoms. The zero-order valence-electron chi connectivity index (χ0n) is 18.3. The highest BCUT2D eigenvalue weighted by Crippen LogP contribution is 2.30. The topological polar surface area (TPSA) is 78.2 Å². The van der Waals surface area contributed by atoms with E-state index >= 15 is 0 Å². The van der Waals surface area contributed by atoms with E-state index in [1.54, 1.807) is 35.2 Å². The molecule has 6 heteroatoms. The van der Waals surface area contributed by atoms with Crippen LogP contribution >= 0.6 is 0 Å². The van der Waals surface area contributed by atoms with Crippen molar-refractivity contribution in [3.8, 4) is 16.8 Å². The van der Waals surface area contributed by atoms with Gasteiger partial charge in [0.1, 0.15) is 5.82 Å². The van der Waals surface area contributed by atoms with Gasteiger partial charge in [0.15, 0.2) is 0 Å². The fourth-order valence-corrected chi connectivity index (χ4v) is 4.01. The van der Waals surface area contributed by atoms with Gasteiger partial charge in [0.05, 0.1) is 11.0 Å². The van der Waals surface area contributed by atoms with Crippen molar-refractivity contribution in [3.05, 3.63) is 106 Å². The molecule has 2 N–H and O–H groups in total. The third kappa shape index (κ3) is 3.50. The van der Waals surface area contributed by atoms with Gasteiger partial charge in [-0.3, -0.25) is 14.3 Å². The van der Waals surface area contributed by atoms with Crippen LogP contribution in [0, 0.1) is 6.57 Å². The van der Waals surface area contributed by atoms with E-state index < -0.39 is 5.54 Å². The number of benzene rings is 2. The molecule has 0 bridgehead atoms. The molecule has 0 aliphatic carbocycles. The molecule has 5 aromatic rings. The van der Waals surface area contributed by atoms with Gasteiger partial charge in [-0.05, 0) is 60.2 Å². The van der Waals surface area contributed by atoms with Gasteiger partial charge < -0.3 is 10.6 Å². The Morgan fingerprint density at radius 1 is 0.909 bits per heavy atom. The first kappa shape index (κ1) is 20.4. The Hall–Kier alpha value is -4.50. The second kappa shape index (κ2) is 7.57. The molecular weight excluding hydrogens is 410 g/mol. The smallest absolute Gasteiger partial charge is 0.255 e. The van der Waals surface area contributed by atoms with Gasteiger partial charge in [0.25, 0.3) is 11.1 Å². The minimum absolute atomic E-state index is 0.133. The van der Waals surface area contributed by atoms with E-state index in [4.69, 9.17) is 12.3 Å². The minimum Gasteiger partial charge on any atom is -0.384 e. The number of rotatable bonds is 3. The van der Waals surface area contributed by atoms with E-state index in [2.05, 4.69) is 14.8 Å². The number of nitrogens with two attached hydrogens (primary N) is 1. The third-order valence-corrected chi connectivity index (χ3v) is 5.95. The van der Waals surface area contributed by atoms with E-state index in [0.29, 0.717) is 5.82 Å². The molecule has 0 radical (unpaired) electrons. The fraction of sp³-hybridized carbons (Fsp3) is 0.111. The lowest BCUT2D eigenvalue weighted by atomic mass is 9.95. The van der Waals surface area contributed by atoms with Crippen LogP contribution in [-0.4, -0.2) is 14.5 Å². The maximum atomic E-state index is 13.1. The van der Waals surface area contributed by atoms with E-state index in [-0.39, 0.29) is 5.56 Å². The Morgan fingerprint density at radius 2 is 1.67 bits per heavy atom. The Kier molecular flexibility index (Phi) is 4.68. The first-order valence-corrected chi connectivity index (χ1v) is 10.5. The summed E-state index contributed by atoms with van der Waals surface area (Å²) in [6.07, 6.45) is 3.52. The van der Waals surface area contributed by atoms with Crippen LogP contribution in [-0.2, 0) is 5.54 Å². The van der Waals surface area contributed by atoms with Crippen molar-refractivity contribution in [1.29, 1.82) is 0 Å². The van der Waals surface area contributed by atoms with Crippen molar-refractivity contribution in [3.63, 3.8) is 0 Å². The van der Waals surface area contributed by atoms with Gasteiger partial charge in [0, 0.05) is 59.9 Å². The molecular formula is C27H21N5O. The minimum atomic E-state index is -0.624. The SMILES string of the molecule is [C-]#[N+]C(C)(C)c1ccc(-n2c(=O)ccc3cnc4ccc(-c5ccc(N)nc5)cc4c32)cc1. The van der Waals surface area contributed by atoms with Crippen LogP contribution < -0.4 is 11.3 Å². The number of nitrogen functional groups attached to an aromatic ring is 1. The van der Waals surface area contributed by atoms with E-state index in [1.807, 2.05) is 62.4 Å². The van der Waals surface area contributed by atoms with Gasteiger partial charge in [0.2, 0.25) is 0 Å². The summed E-state index contributed by atoms with van der Waals surface area (Å²) in [5.41, 5.74) is 10.1. The summed E-state index contributed by atoms with van der Waals surface area (Å²) in [6, 6.07) is 20.6. The number of pyridine rings is 3. The van der Waals surface area contributed by atoms with Crippen LogP contribution in [0.1, 0.15) is 19.4 Å². The summed E-state index contributed by atoms with van der Waals surface area (Å²) < 4.78 is 1.71. The van der Waals surface area contributed by atoms with Crippen LogP contribution in [0.3, 0.4) is 0 Å². The molecule has 6 nitrogen and oxygen atoms in total. The zero-order chi connectivity index (χ0) is 23.2. The Labute approximate surface area is 190 Å². The Bertz CT molecular complexity index is 1610. The number of anilines is 1. The number of hydrogen-bond donors (Lipinski definition) is 1. The highest BCUT2D eigenvalue weighted by atomic mass is 16.1. The van der Waals surface area contributed by atoms with Crippen molar-refractivity contribution >= 4 is 27.6 Å². The van der Waals surface area contributed by atoms with Crippen molar-refractivity contribution in [1.82, 2.24) is 14.5 Å². The fourth-order valence-electron chi connectivity index (χ4n) is 4.01.